The fourth-order valence-electron chi connectivity index (χ4n) is 2.67. The molecular formula is C17H22N2O. The molecule has 0 spiro atoms. The van der Waals surface area contributed by atoms with Crippen LogP contribution in [0.5, 0.6) is 0 Å². The minimum atomic E-state index is -0.471. The maximum absolute atomic E-state index is 10.4. The maximum Gasteiger partial charge on any atom is 0.111 e. The van der Waals surface area contributed by atoms with Crippen molar-refractivity contribution in [3.63, 3.8) is 0 Å². The van der Waals surface area contributed by atoms with Crippen LogP contribution in [0.25, 0.3) is 0 Å². The van der Waals surface area contributed by atoms with Crippen LogP contribution in [0.1, 0.15) is 55.2 Å². The Labute approximate surface area is 120 Å². The second-order valence-electron chi connectivity index (χ2n) is 5.70. The SMILES string of the molecule is CCCn1ccnc1CC(O)c1ccc(C2CC2)cc1. The average Bonchev–Trinajstić information content (AvgIpc) is 3.23. The standard InChI is InChI=1S/C17H22N2O/c1-2-10-19-11-9-18-17(19)12-16(20)15-7-5-14(6-8-15)13-3-4-13/h5-9,11,13,16,20H,2-4,10,12H2,1H3. The number of hydrogen-bond donors (Lipinski definition) is 1. The van der Waals surface area contributed by atoms with Crippen LogP contribution in [-0.2, 0) is 13.0 Å². The van der Waals surface area contributed by atoms with Crippen LogP contribution in [0.15, 0.2) is 36.7 Å². The summed E-state index contributed by atoms with van der Waals surface area (Å²) < 4.78 is 2.13. The fourth-order valence-corrected chi connectivity index (χ4v) is 2.67. The number of nitrogens with zero attached hydrogens (tertiary/aromatic N) is 2. The van der Waals surface area contributed by atoms with Gasteiger partial charge in [-0.2, -0.15) is 0 Å². The summed E-state index contributed by atoms with van der Waals surface area (Å²) in [5, 5.41) is 10.4. The zero-order chi connectivity index (χ0) is 13.9. The van der Waals surface area contributed by atoms with Gasteiger partial charge in [0, 0.05) is 25.4 Å². The molecule has 1 atom stereocenters. The Morgan fingerprint density at radius 1 is 1.30 bits per heavy atom. The van der Waals surface area contributed by atoms with E-state index in [9.17, 15) is 5.11 Å². The Bertz CT molecular complexity index is 555. The molecule has 3 nitrogen and oxygen atoms in total. The van der Waals surface area contributed by atoms with Crippen molar-refractivity contribution in [2.45, 2.75) is 51.2 Å². The first-order valence-corrected chi connectivity index (χ1v) is 7.56. The van der Waals surface area contributed by atoms with Crippen LogP contribution in [0.4, 0.5) is 0 Å². The summed E-state index contributed by atoms with van der Waals surface area (Å²) >= 11 is 0. The summed E-state index contributed by atoms with van der Waals surface area (Å²) in [6, 6.07) is 8.44. The fraction of sp³-hybridized carbons (Fsp3) is 0.471. The first-order valence-electron chi connectivity index (χ1n) is 7.56. The molecule has 1 aromatic heterocycles. The summed E-state index contributed by atoms with van der Waals surface area (Å²) in [4.78, 5) is 4.36. The summed E-state index contributed by atoms with van der Waals surface area (Å²) in [6.45, 7) is 3.11. The highest BCUT2D eigenvalue weighted by Crippen LogP contribution is 2.40. The second kappa shape index (κ2) is 5.80. The monoisotopic (exact) mass is 270 g/mol. The molecule has 1 unspecified atom stereocenters. The van der Waals surface area contributed by atoms with Crippen molar-refractivity contribution in [2.75, 3.05) is 0 Å². The first kappa shape index (κ1) is 13.4. The van der Waals surface area contributed by atoms with Gasteiger partial charge in [-0.05, 0) is 36.3 Å². The van der Waals surface area contributed by atoms with Crippen LogP contribution in [-0.4, -0.2) is 14.7 Å². The lowest BCUT2D eigenvalue weighted by Crippen LogP contribution is -2.09. The molecule has 0 amide bonds. The van der Waals surface area contributed by atoms with Gasteiger partial charge in [0.15, 0.2) is 0 Å². The molecule has 1 aliphatic rings. The number of imidazole rings is 1. The lowest BCUT2D eigenvalue weighted by atomic mass is 10.0. The molecule has 0 saturated heterocycles. The van der Waals surface area contributed by atoms with Gasteiger partial charge >= 0.3 is 0 Å². The van der Waals surface area contributed by atoms with E-state index in [1.807, 2.05) is 12.4 Å². The van der Waals surface area contributed by atoms with Gasteiger partial charge in [-0.15, -0.1) is 0 Å². The molecule has 1 N–H and O–H groups in total. The van der Waals surface area contributed by atoms with E-state index in [1.165, 1.54) is 18.4 Å². The molecule has 1 fully saturated rings. The van der Waals surface area contributed by atoms with E-state index in [2.05, 4.69) is 40.7 Å². The van der Waals surface area contributed by atoms with Gasteiger partial charge < -0.3 is 9.67 Å². The number of aryl methyl sites for hydroxylation is 1. The van der Waals surface area contributed by atoms with E-state index in [0.29, 0.717) is 6.42 Å². The van der Waals surface area contributed by atoms with Gasteiger partial charge in [0.1, 0.15) is 5.82 Å². The Morgan fingerprint density at radius 3 is 2.70 bits per heavy atom. The molecule has 1 saturated carbocycles. The molecular weight excluding hydrogens is 248 g/mol. The maximum atomic E-state index is 10.4. The van der Waals surface area contributed by atoms with Crippen LogP contribution in [0.2, 0.25) is 0 Å². The Balaban J connectivity index is 1.68. The number of aromatic nitrogens is 2. The molecule has 3 heteroatoms. The largest absolute Gasteiger partial charge is 0.388 e. The molecule has 1 aromatic carbocycles. The normalized spacial score (nSPS) is 16.3. The van der Waals surface area contributed by atoms with Crippen molar-refractivity contribution in [1.82, 2.24) is 9.55 Å². The summed E-state index contributed by atoms with van der Waals surface area (Å²) in [6.07, 6.45) is 7.62. The topological polar surface area (TPSA) is 38.0 Å². The number of aliphatic hydroxyl groups is 1. The molecule has 2 aromatic rings. The number of rotatable bonds is 6. The quantitative estimate of drug-likeness (QED) is 0.873. The predicted molar refractivity (Wildman–Crippen MR) is 79.6 cm³/mol. The van der Waals surface area contributed by atoms with Crippen molar-refractivity contribution in [3.8, 4) is 0 Å². The van der Waals surface area contributed by atoms with E-state index >= 15 is 0 Å². The minimum Gasteiger partial charge on any atom is -0.388 e. The third kappa shape index (κ3) is 2.93. The van der Waals surface area contributed by atoms with Crippen molar-refractivity contribution >= 4 is 0 Å². The van der Waals surface area contributed by atoms with E-state index in [4.69, 9.17) is 0 Å². The lowest BCUT2D eigenvalue weighted by molar-refractivity contribution is 0.174. The van der Waals surface area contributed by atoms with Crippen LogP contribution >= 0.6 is 0 Å². The van der Waals surface area contributed by atoms with Crippen LogP contribution < -0.4 is 0 Å². The lowest BCUT2D eigenvalue weighted by Gasteiger charge is -2.13. The Kier molecular flexibility index (Phi) is 3.88. The average molecular weight is 270 g/mol. The van der Waals surface area contributed by atoms with Crippen molar-refractivity contribution in [1.29, 1.82) is 0 Å². The van der Waals surface area contributed by atoms with Gasteiger partial charge in [-0.3, -0.25) is 0 Å². The molecule has 0 radical (unpaired) electrons. The van der Waals surface area contributed by atoms with E-state index in [0.717, 1.165) is 30.3 Å². The van der Waals surface area contributed by atoms with Gasteiger partial charge in [0.05, 0.1) is 6.10 Å². The predicted octanol–water partition coefficient (Wildman–Crippen LogP) is 3.45. The van der Waals surface area contributed by atoms with E-state index in [-0.39, 0.29) is 0 Å². The van der Waals surface area contributed by atoms with Gasteiger partial charge in [-0.1, -0.05) is 31.2 Å². The highest BCUT2D eigenvalue weighted by atomic mass is 16.3. The molecule has 106 valence electrons. The zero-order valence-electron chi connectivity index (χ0n) is 12.0. The van der Waals surface area contributed by atoms with Crippen molar-refractivity contribution < 1.29 is 5.11 Å². The highest BCUT2D eigenvalue weighted by Gasteiger charge is 2.23. The van der Waals surface area contributed by atoms with Gasteiger partial charge in [0.25, 0.3) is 0 Å². The molecule has 20 heavy (non-hydrogen) atoms. The Hall–Kier alpha value is -1.61. The first-order chi connectivity index (χ1) is 9.78. The molecule has 1 heterocycles. The van der Waals surface area contributed by atoms with Gasteiger partial charge in [-0.25, -0.2) is 4.98 Å². The molecule has 0 bridgehead atoms. The van der Waals surface area contributed by atoms with Crippen molar-refractivity contribution in [2.24, 2.45) is 0 Å². The zero-order valence-corrected chi connectivity index (χ0v) is 12.0. The van der Waals surface area contributed by atoms with Crippen molar-refractivity contribution in [3.05, 3.63) is 53.6 Å². The minimum absolute atomic E-state index is 0.471. The number of benzene rings is 1. The second-order valence-corrected chi connectivity index (χ2v) is 5.70. The highest BCUT2D eigenvalue weighted by molar-refractivity contribution is 5.29. The summed E-state index contributed by atoms with van der Waals surface area (Å²) in [5.41, 5.74) is 2.40. The molecule has 0 aliphatic heterocycles. The summed E-state index contributed by atoms with van der Waals surface area (Å²) in [5.74, 6) is 1.73. The van der Waals surface area contributed by atoms with Gasteiger partial charge in [0.2, 0.25) is 0 Å². The Morgan fingerprint density at radius 2 is 2.05 bits per heavy atom. The van der Waals surface area contributed by atoms with Crippen LogP contribution in [0, 0.1) is 0 Å². The van der Waals surface area contributed by atoms with Crippen LogP contribution in [0.3, 0.4) is 0 Å². The smallest absolute Gasteiger partial charge is 0.111 e. The number of hydrogen-bond acceptors (Lipinski definition) is 2. The molecule has 3 rings (SSSR count). The molecule has 1 aliphatic carbocycles. The third-order valence-corrected chi connectivity index (χ3v) is 4.01. The van der Waals surface area contributed by atoms with E-state index in [1.54, 1.807) is 0 Å². The van der Waals surface area contributed by atoms with E-state index < -0.39 is 6.10 Å². The summed E-state index contributed by atoms with van der Waals surface area (Å²) in [7, 11) is 0. The number of aliphatic hydroxyl groups excluding tert-OH is 1. The third-order valence-electron chi connectivity index (χ3n) is 4.01.